The number of rotatable bonds is 8. The lowest BCUT2D eigenvalue weighted by atomic mass is 9.97. The van der Waals surface area contributed by atoms with Crippen LogP contribution in [-0.2, 0) is 19.5 Å². The quantitative estimate of drug-likeness (QED) is 0.196. The highest BCUT2D eigenvalue weighted by molar-refractivity contribution is 7.81. The monoisotopic (exact) mass is 549 g/mol. The molecule has 0 saturated carbocycles. The first kappa shape index (κ1) is 26.1. The Labute approximate surface area is 241 Å². The molecule has 0 radical (unpaired) electrons. The van der Waals surface area contributed by atoms with Gasteiger partial charge < -0.3 is 19.9 Å². The van der Waals surface area contributed by atoms with E-state index in [2.05, 4.69) is 82.1 Å². The molecule has 1 aliphatic heterocycles. The Morgan fingerprint density at radius 3 is 2.27 bits per heavy atom. The number of aromatic nitrogens is 3. The van der Waals surface area contributed by atoms with Crippen molar-refractivity contribution in [2.24, 2.45) is 0 Å². The van der Waals surface area contributed by atoms with Crippen LogP contribution in [0.3, 0.4) is 0 Å². The molecule has 0 atom stereocenters. The van der Waals surface area contributed by atoms with Crippen molar-refractivity contribution in [1.29, 1.82) is 0 Å². The van der Waals surface area contributed by atoms with E-state index in [0.29, 0.717) is 18.1 Å². The molecule has 0 unspecified atom stereocenters. The molecular weight excluding hydrogens is 514 g/mol. The molecule has 3 aromatic carbocycles. The minimum Gasteiger partial charge on any atom is -0.494 e. The van der Waals surface area contributed by atoms with Gasteiger partial charge in [0.2, 0.25) is 0 Å². The lowest BCUT2D eigenvalue weighted by molar-refractivity contribution is 0.340. The van der Waals surface area contributed by atoms with E-state index < -0.39 is 0 Å². The number of nitrogens with one attached hydrogen (secondary N) is 2. The molecule has 40 heavy (non-hydrogen) atoms. The molecule has 0 bridgehead atoms. The highest BCUT2D eigenvalue weighted by Gasteiger charge is 2.29. The second-order valence-electron chi connectivity index (χ2n) is 10.5. The Hall–Kier alpha value is -4.10. The number of thiocarbonyl (C=S) groups is 1. The number of nitrogens with zero attached hydrogens (tertiary/aromatic N) is 3. The number of aryl methyl sites for hydroxylation is 4. The molecule has 5 aromatic rings. The summed E-state index contributed by atoms with van der Waals surface area (Å²) in [4.78, 5) is 0.657. The highest BCUT2D eigenvalue weighted by atomic mass is 32.1. The van der Waals surface area contributed by atoms with Gasteiger partial charge in [0.1, 0.15) is 22.1 Å². The van der Waals surface area contributed by atoms with Crippen LogP contribution >= 0.6 is 12.2 Å². The molecule has 2 N–H and O–H groups in total. The highest BCUT2D eigenvalue weighted by Crippen LogP contribution is 2.37. The zero-order valence-corrected chi connectivity index (χ0v) is 24.1. The van der Waals surface area contributed by atoms with E-state index in [1.165, 1.54) is 27.8 Å². The average Bonchev–Trinajstić information content (AvgIpc) is 3.36. The van der Waals surface area contributed by atoms with Crippen LogP contribution in [0.1, 0.15) is 48.0 Å². The number of hydrogen-bond donors (Lipinski definition) is 2. The van der Waals surface area contributed by atoms with E-state index in [1.807, 2.05) is 31.2 Å². The smallest absolute Gasteiger partial charge is 0.150 e. The van der Waals surface area contributed by atoms with Crippen molar-refractivity contribution in [3.05, 3.63) is 101 Å². The Morgan fingerprint density at radius 2 is 1.57 bits per heavy atom. The second-order valence-corrected chi connectivity index (χ2v) is 10.9. The van der Waals surface area contributed by atoms with Gasteiger partial charge in [0.05, 0.1) is 13.2 Å². The standard InChI is InChI=1S/C33H35N5OS/c1-4-39-27-18-16-26(17-19-27)35-32(40)31-30(24-12-8-22(2)9-13-24)28-7-5-6-20-37-29(36-38(31)33(28)37)21-34-25-14-10-23(3)11-15-25/h8-19,34H,4-7,20-21H2,1-3H3,(H,35,40). The zero-order chi connectivity index (χ0) is 27.6. The third-order valence-electron chi connectivity index (χ3n) is 7.54. The van der Waals surface area contributed by atoms with Crippen molar-refractivity contribution in [3.63, 3.8) is 0 Å². The molecule has 0 fully saturated rings. The van der Waals surface area contributed by atoms with E-state index in [1.54, 1.807) is 0 Å². The Bertz CT molecular complexity index is 1650. The number of ether oxygens (including phenoxy) is 1. The van der Waals surface area contributed by atoms with Gasteiger partial charge in [0, 0.05) is 29.0 Å². The first-order chi connectivity index (χ1) is 19.5. The fourth-order valence-electron chi connectivity index (χ4n) is 5.52. The number of benzene rings is 3. The van der Waals surface area contributed by atoms with Gasteiger partial charge in [0.15, 0.2) is 5.82 Å². The predicted molar refractivity (Wildman–Crippen MR) is 168 cm³/mol. The van der Waals surface area contributed by atoms with Gasteiger partial charge in [-0.05, 0) is 82.0 Å². The van der Waals surface area contributed by atoms with Crippen molar-refractivity contribution in [3.8, 4) is 16.9 Å². The summed E-state index contributed by atoms with van der Waals surface area (Å²) in [6.07, 6.45) is 3.24. The molecule has 1 aliphatic rings. The van der Waals surface area contributed by atoms with Crippen molar-refractivity contribution in [2.75, 3.05) is 17.2 Å². The topological polar surface area (TPSA) is 55.5 Å². The van der Waals surface area contributed by atoms with E-state index in [9.17, 15) is 0 Å². The maximum Gasteiger partial charge on any atom is 0.150 e. The summed E-state index contributed by atoms with van der Waals surface area (Å²) in [6, 6.07) is 25.2. The SMILES string of the molecule is CCOc1ccc(NC(=S)c2c(-c3ccc(C)cc3)c3c4n(c(CNc5ccc(C)cc5)nn24)CCCC3)cc1. The lowest BCUT2D eigenvalue weighted by Gasteiger charge is -2.12. The van der Waals surface area contributed by atoms with Gasteiger partial charge in [-0.2, -0.15) is 5.10 Å². The number of anilines is 2. The Kier molecular flexibility index (Phi) is 7.30. The molecule has 3 heterocycles. The first-order valence-electron chi connectivity index (χ1n) is 14.1. The summed E-state index contributed by atoms with van der Waals surface area (Å²) < 4.78 is 10.1. The molecule has 0 aliphatic carbocycles. The molecule has 0 amide bonds. The molecule has 6 rings (SSSR count). The fourth-order valence-corrected chi connectivity index (χ4v) is 5.83. The van der Waals surface area contributed by atoms with Gasteiger partial charge in [-0.15, -0.1) is 0 Å². The largest absolute Gasteiger partial charge is 0.494 e. The van der Waals surface area contributed by atoms with Crippen LogP contribution in [0, 0.1) is 13.8 Å². The van der Waals surface area contributed by atoms with Crippen LogP contribution in [-0.4, -0.2) is 25.8 Å². The van der Waals surface area contributed by atoms with Crippen LogP contribution in [0.4, 0.5) is 11.4 Å². The van der Waals surface area contributed by atoms with E-state index in [0.717, 1.165) is 60.1 Å². The molecule has 204 valence electrons. The van der Waals surface area contributed by atoms with Crippen LogP contribution in [0.5, 0.6) is 5.75 Å². The normalized spacial score (nSPS) is 12.8. The molecule has 7 heteroatoms. The summed E-state index contributed by atoms with van der Waals surface area (Å²) in [6.45, 7) is 8.44. The minimum atomic E-state index is 0.639. The number of hydrogen-bond acceptors (Lipinski definition) is 4. The van der Waals surface area contributed by atoms with Crippen molar-refractivity contribution in [2.45, 2.75) is 53.1 Å². The summed E-state index contributed by atoms with van der Waals surface area (Å²) in [5, 5.41) is 12.3. The van der Waals surface area contributed by atoms with Crippen molar-refractivity contribution >= 4 is 34.2 Å². The average molecular weight is 550 g/mol. The zero-order valence-electron chi connectivity index (χ0n) is 23.3. The fraction of sp³-hybridized carbons (Fsp3) is 0.273. The first-order valence-corrected chi connectivity index (χ1v) is 14.5. The molecule has 0 saturated heterocycles. The van der Waals surface area contributed by atoms with Gasteiger partial charge in [-0.1, -0.05) is 59.7 Å². The molecule has 6 nitrogen and oxygen atoms in total. The Morgan fingerprint density at radius 1 is 0.900 bits per heavy atom. The van der Waals surface area contributed by atoms with Gasteiger partial charge in [-0.25, -0.2) is 4.52 Å². The van der Waals surface area contributed by atoms with E-state index >= 15 is 0 Å². The Balaban J connectivity index is 1.44. The van der Waals surface area contributed by atoms with Crippen LogP contribution < -0.4 is 15.4 Å². The maximum absolute atomic E-state index is 6.12. The van der Waals surface area contributed by atoms with Gasteiger partial charge in [-0.3, -0.25) is 0 Å². The molecule has 0 spiro atoms. The van der Waals surface area contributed by atoms with Crippen molar-refractivity contribution < 1.29 is 4.74 Å². The summed E-state index contributed by atoms with van der Waals surface area (Å²) in [5.41, 5.74) is 10.3. The van der Waals surface area contributed by atoms with Gasteiger partial charge in [0.25, 0.3) is 0 Å². The van der Waals surface area contributed by atoms with Crippen LogP contribution in [0.2, 0.25) is 0 Å². The molecule has 2 aromatic heterocycles. The van der Waals surface area contributed by atoms with Crippen molar-refractivity contribution in [1.82, 2.24) is 14.2 Å². The molecular formula is C33H35N5OS. The summed E-state index contributed by atoms with van der Waals surface area (Å²) in [5.74, 6) is 1.86. The summed E-state index contributed by atoms with van der Waals surface area (Å²) >= 11 is 6.12. The van der Waals surface area contributed by atoms with Crippen LogP contribution in [0.15, 0.2) is 72.8 Å². The van der Waals surface area contributed by atoms with E-state index in [4.69, 9.17) is 22.1 Å². The summed E-state index contributed by atoms with van der Waals surface area (Å²) in [7, 11) is 0. The second kappa shape index (κ2) is 11.2. The third-order valence-corrected chi connectivity index (χ3v) is 7.84. The predicted octanol–water partition coefficient (Wildman–Crippen LogP) is 7.55. The maximum atomic E-state index is 6.12. The van der Waals surface area contributed by atoms with Gasteiger partial charge >= 0.3 is 0 Å². The van der Waals surface area contributed by atoms with E-state index in [-0.39, 0.29) is 0 Å². The third kappa shape index (κ3) is 5.09. The lowest BCUT2D eigenvalue weighted by Crippen LogP contribution is -2.15. The minimum absolute atomic E-state index is 0.639. The van der Waals surface area contributed by atoms with Crippen LogP contribution in [0.25, 0.3) is 16.8 Å².